The van der Waals surface area contributed by atoms with E-state index in [9.17, 15) is 13.6 Å². The van der Waals surface area contributed by atoms with Crippen molar-refractivity contribution in [2.75, 3.05) is 45.3 Å². The van der Waals surface area contributed by atoms with Crippen LogP contribution < -0.4 is 14.4 Å². The zero-order chi connectivity index (χ0) is 22.7. The minimum Gasteiger partial charge on any atom is -0.493 e. The van der Waals surface area contributed by atoms with Gasteiger partial charge in [0, 0.05) is 37.8 Å². The van der Waals surface area contributed by atoms with Gasteiger partial charge in [-0.2, -0.15) is 0 Å². The number of carbonyl (C=O) groups excluding carboxylic acids is 1. The van der Waals surface area contributed by atoms with Gasteiger partial charge in [0.05, 0.1) is 25.5 Å². The smallest absolute Gasteiger partial charge is 0.256 e. The number of benzene rings is 2. The summed E-state index contributed by atoms with van der Waals surface area (Å²) in [7, 11) is 3.15. The predicted molar refractivity (Wildman–Crippen MR) is 115 cm³/mol. The molecule has 0 aliphatic carbocycles. The van der Waals surface area contributed by atoms with Crippen molar-refractivity contribution in [2.24, 2.45) is 0 Å². The first-order valence-corrected chi connectivity index (χ1v) is 10.1. The van der Waals surface area contributed by atoms with Crippen LogP contribution in [-0.4, -0.2) is 61.4 Å². The second-order valence-electron chi connectivity index (χ2n) is 7.25. The van der Waals surface area contributed by atoms with Gasteiger partial charge in [0.2, 0.25) is 0 Å². The summed E-state index contributed by atoms with van der Waals surface area (Å²) in [6.07, 6.45) is 0. The Labute approximate surface area is 184 Å². The van der Waals surface area contributed by atoms with Gasteiger partial charge >= 0.3 is 0 Å². The molecule has 1 aliphatic heterocycles. The second-order valence-corrected chi connectivity index (χ2v) is 7.25. The third-order valence-corrected chi connectivity index (χ3v) is 5.38. The maximum Gasteiger partial charge on any atom is 0.256 e. The average molecular weight is 440 g/mol. The lowest BCUT2D eigenvalue weighted by Crippen LogP contribution is -2.49. The molecule has 1 saturated heterocycles. The molecule has 0 bridgehead atoms. The quantitative estimate of drug-likeness (QED) is 0.606. The summed E-state index contributed by atoms with van der Waals surface area (Å²) in [5, 5.41) is 8.65. The predicted octanol–water partition coefficient (Wildman–Crippen LogP) is 3.40. The van der Waals surface area contributed by atoms with E-state index >= 15 is 0 Å². The molecule has 0 unspecified atom stereocenters. The maximum atomic E-state index is 13.9. The van der Waals surface area contributed by atoms with Gasteiger partial charge in [-0.05, 0) is 42.5 Å². The number of amides is 1. The van der Waals surface area contributed by atoms with Crippen molar-refractivity contribution in [2.45, 2.75) is 0 Å². The number of piperazine rings is 1. The van der Waals surface area contributed by atoms with Gasteiger partial charge in [-0.1, -0.05) is 0 Å². The molecule has 0 atom stereocenters. The Bertz CT molecular complexity index is 1120. The van der Waals surface area contributed by atoms with Crippen LogP contribution in [0.5, 0.6) is 11.5 Å². The molecule has 1 fully saturated rings. The first-order valence-electron chi connectivity index (χ1n) is 10.1. The molecule has 1 aliphatic rings. The molecule has 166 valence electrons. The van der Waals surface area contributed by atoms with Gasteiger partial charge in [-0.15, -0.1) is 10.2 Å². The van der Waals surface area contributed by atoms with E-state index in [4.69, 9.17) is 9.47 Å². The zero-order valence-corrected chi connectivity index (χ0v) is 17.7. The summed E-state index contributed by atoms with van der Waals surface area (Å²) in [6.45, 7) is 1.85. The van der Waals surface area contributed by atoms with E-state index in [0.717, 1.165) is 17.7 Å². The van der Waals surface area contributed by atoms with Crippen LogP contribution in [0.2, 0.25) is 0 Å². The Morgan fingerprint density at radius 1 is 0.875 bits per heavy atom. The largest absolute Gasteiger partial charge is 0.493 e. The fraction of sp³-hybridized carbons (Fsp3) is 0.261. The minimum absolute atomic E-state index is 0.126. The van der Waals surface area contributed by atoms with Gasteiger partial charge in [0.25, 0.3) is 5.91 Å². The molecule has 2 heterocycles. The number of hydrogen-bond donors (Lipinski definition) is 0. The molecule has 4 rings (SSSR count). The number of methoxy groups -OCH3 is 2. The summed E-state index contributed by atoms with van der Waals surface area (Å²) in [5.41, 5.74) is 1.41. The first kappa shape index (κ1) is 21.5. The maximum absolute atomic E-state index is 13.9. The lowest BCUT2D eigenvalue weighted by molar-refractivity contribution is 0.0741. The Kier molecular flexibility index (Phi) is 6.16. The molecule has 2 aromatic carbocycles. The van der Waals surface area contributed by atoms with E-state index in [1.54, 1.807) is 19.1 Å². The fourth-order valence-electron chi connectivity index (χ4n) is 3.62. The molecule has 1 aromatic heterocycles. The number of rotatable bonds is 5. The number of aromatic nitrogens is 2. The van der Waals surface area contributed by atoms with Gasteiger partial charge in [-0.3, -0.25) is 4.79 Å². The highest BCUT2D eigenvalue weighted by Gasteiger charge is 2.25. The molecule has 0 spiro atoms. The van der Waals surface area contributed by atoms with Gasteiger partial charge in [0.15, 0.2) is 17.3 Å². The highest BCUT2D eigenvalue weighted by molar-refractivity contribution is 5.94. The van der Waals surface area contributed by atoms with Crippen LogP contribution in [0.3, 0.4) is 0 Å². The van der Waals surface area contributed by atoms with E-state index < -0.39 is 17.5 Å². The summed E-state index contributed by atoms with van der Waals surface area (Å²) in [4.78, 5) is 16.1. The Morgan fingerprint density at radius 3 is 2.25 bits per heavy atom. The number of ether oxygens (including phenoxy) is 2. The Balaban J connectivity index is 1.41. The van der Waals surface area contributed by atoms with E-state index in [-0.39, 0.29) is 5.56 Å². The fourth-order valence-corrected chi connectivity index (χ4v) is 3.62. The van der Waals surface area contributed by atoms with Gasteiger partial charge in [0.1, 0.15) is 11.6 Å². The summed E-state index contributed by atoms with van der Waals surface area (Å²) in [6, 6.07) is 12.2. The summed E-state index contributed by atoms with van der Waals surface area (Å²) < 4.78 is 37.6. The highest BCUT2D eigenvalue weighted by atomic mass is 19.1. The van der Waals surface area contributed by atoms with Crippen molar-refractivity contribution >= 4 is 11.7 Å². The normalized spacial score (nSPS) is 13.8. The topological polar surface area (TPSA) is 67.8 Å². The van der Waals surface area contributed by atoms with Crippen molar-refractivity contribution in [3.05, 3.63) is 65.7 Å². The van der Waals surface area contributed by atoms with Crippen LogP contribution in [0.25, 0.3) is 11.3 Å². The minimum atomic E-state index is -0.853. The molecule has 1 amide bonds. The Hall–Kier alpha value is -3.75. The molecule has 0 radical (unpaired) electrons. The van der Waals surface area contributed by atoms with Crippen LogP contribution in [0, 0.1) is 11.6 Å². The van der Waals surface area contributed by atoms with Crippen LogP contribution in [0.4, 0.5) is 14.6 Å². The van der Waals surface area contributed by atoms with E-state index in [0.29, 0.717) is 49.2 Å². The van der Waals surface area contributed by atoms with Crippen molar-refractivity contribution in [3.8, 4) is 22.8 Å². The SMILES string of the molecule is COc1ccc(-c2ccc(N3CCN(C(=O)c4ccc(F)cc4F)CC3)nn2)cc1OC. The van der Waals surface area contributed by atoms with Crippen molar-refractivity contribution < 1.29 is 23.0 Å². The molecular weight excluding hydrogens is 418 g/mol. The number of carbonyl (C=O) groups is 1. The van der Waals surface area contributed by atoms with Crippen molar-refractivity contribution in [3.63, 3.8) is 0 Å². The number of anilines is 1. The summed E-state index contributed by atoms with van der Waals surface area (Å²) >= 11 is 0. The van der Waals surface area contributed by atoms with Crippen molar-refractivity contribution in [1.29, 1.82) is 0 Å². The molecule has 0 saturated carbocycles. The van der Waals surface area contributed by atoms with Crippen LogP contribution in [0.15, 0.2) is 48.5 Å². The molecule has 32 heavy (non-hydrogen) atoms. The third-order valence-electron chi connectivity index (χ3n) is 5.38. The number of halogens is 2. The molecular formula is C23H22F2N4O3. The molecule has 3 aromatic rings. The standard InChI is InChI=1S/C23H22F2N4O3/c1-31-20-7-3-15(13-21(20)32-2)19-6-8-22(27-26-19)28-9-11-29(12-10-28)23(30)17-5-4-16(24)14-18(17)25/h3-8,13-14H,9-12H2,1-2H3. The zero-order valence-electron chi connectivity index (χ0n) is 17.7. The van der Waals surface area contributed by atoms with E-state index in [1.807, 2.05) is 35.2 Å². The lowest BCUT2D eigenvalue weighted by Gasteiger charge is -2.35. The molecule has 9 heteroatoms. The summed E-state index contributed by atoms with van der Waals surface area (Å²) in [5.74, 6) is -0.0811. The Morgan fingerprint density at radius 2 is 1.62 bits per heavy atom. The molecule has 0 N–H and O–H groups in total. The first-order chi connectivity index (χ1) is 15.5. The lowest BCUT2D eigenvalue weighted by atomic mass is 10.1. The number of hydrogen-bond acceptors (Lipinski definition) is 6. The number of nitrogens with zero attached hydrogens (tertiary/aromatic N) is 4. The second kappa shape index (κ2) is 9.17. The van der Waals surface area contributed by atoms with Gasteiger partial charge in [-0.25, -0.2) is 8.78 Å². The van der Waals surface area contributed by atoms with Crippen LogP contribution in [0.1, 0.15) is 10.4 Å². The van der Waals surface area contributed by atoms with Crippen molar-refractivity contribution in [1.82, 2.24) is 15.1 Å². The van der Waals surface area contributed by atoms with Gasteiger partial charge < -0.3 is 19.3 Å². The average Bonchev–Trinajstić information content (AvgIpc) is 2.83. The molecule has 7 nitrogen and oxygen atoms in total. The van der Waals surface area contributed by atoms with Crippen LogP contribution in [-0.2, 0) is 0 Å². The van der Waals surface area contributed by atoms with Crippen LogP contribution >= 0.6 is 0 Å². The third kappa shape index (κ3) is 4.32. The monoisotopic (exact) mass is 440 g/mol. The van der Waals surface area contributed by atoms with E-state index in [1.165, 1.54) is 6.07 Å². The highest BCUT2D eigenvalue weighted by Crippen LogP contribution is 2.31. The van der Waals surface area contributed by atoms with E-state index in [2.05, 4.69) is 10.2 Å².